The number of amides is 3. The molecule has 1 spiro atoms. The van der Waals surface area contributed by atoms with Crippen molar-refractivity contribution in [1.82, 2.24) is 20.0 Å². The van der Waals surface area contributed by atoms with Crippen molar-refractivity contribution in [1.29, 1.82) is 0 Å². The fraction of sp³-hybridized carbons (Fsp3) is 0.692. The van der Waals surface area contributed by atoms with Gasteiger partial charge in [0, 0.05) is 44.2 Å². The van der Waals surface area contributed by atoms with Crippen LogP contribution < -0.4 is 5.32 Å². The van der Waals surface area contributed by atoms with Crippen LogP contribution in [0.1, 0.15) is 63.5 Å². The van der Waals surface area contributed by atoms with Crippen LogP contribution in [0.15, 0.2) is 24.3 Å². The van der Waals surface area contributed by atoms with E-state index in [1.807, 2.05) is 16.7 Å². The molecule has 0 radical (unpaired) electrons. The van der Waals surface area contributed by atoms with Gasteiger partial charge in [-0.25, -0.2) is 9.59 Å². The SMILES string of the molecule is CCCCNC(=O)N1Cc2ccccc2C2(CCN(C3CCN(C(=O)OCC)CC3)CC2)C1. The number of hydrogen-bond acceptors (Lipinski definition) is 4. The predicted molar refractivity (Wildman–Crippen MR) is 129 cm³/mol. The van der Waals surface area contributed by atoms with Gasteiger partial charge >= 0.3 is 12.1 Å². The Morgan fingerprint density at radius 2 is 1.79 bits per heavy atom. The first kappa shape index (κ1) is 23.9. The molecule has 0 bridgehead atoms. The molecule has 1 aromatic rings. The molecular formula is C26H40N4O3. The number of ether oxygens (including phenoxy) is 1. The summed E-state index contributed by atoms with van der Waals surface area (Å²) in [7, 11) is 0. The first-order valence-electron chi connectivity index (χ1n) is 12.8. The van der Waals surface area contributed by atoms with Crippen molar-refractivity contribution in [2.75, 3.05) is 45.9 Å². The highest BCUT2D eigenvalue weighted by atomic mass is 16.6. The molecule has 1 N–H and O–H groups in total. The number of rotatable bonds is 5. The monoisotopic (exact) mass is 456 g/mol. The maximum Gasteiger partial charge on any atom is 0.409 e. The van der Waals surface area contributed by atoms with Gasteiger partial charge in [0.25, 0.3) is 0 Å². The third kappa shape index (κ3) is 5.29. The van der Waals surface area contributed by atoms with E-state index in [-0.39, 0.29) is 17.5 Å². The van der Waals surface area contributed by atoms with Gasteiger partial charge in [0.2, 0.25) is 0 Å². The molecule has 7 heteroatoms. The Morgan fingerprint density at radius 3 is 2.48 bits per heavy atom. The molecule has 0 unspecified atom stereocenters. The number of unbranched alkanes of at least 4 members (excludes halogenated alkanes) is 1. The highest BCUT2D eigenvalue weighted by Crippen LogP contribution is 2.42. The fourth-order valence-electron chi connectivity index (χ4n) is 5.89. The molecule has 2 fully saturated rings. The smallest absolute Gasteiger partial charge is 0.409 e. The standard InChI is InChI=1S/C26H40N4O3/c1-3-5-14-27-24(31)30-19-21-8-6-7-9-23(21)26(20-30)12-17-28(18-13-26)22-10-15-29(16-11-22)25(32)33-4-2/h6-9,22H,3-5,10-20H2,1-2H3,(H,27,31). The first-order valence-corrected chi connectivity index (χ1v) is 12.8. The van der Waals surface area contributed by atoms with Gasteiger partial charge in [-0.05, 0) is 63.2 Å². The molecule has 182 valence electrons. The number of hydrogen-bond donors (Lipinski definition) is 1. The van der Waals surface area contributed by atoms with Gasteiger partial charge in [-0.3, -0.25) is 0 Å². The fourth-order valence-corrected chi connectivity index (χ4v) is 5.89. The minimum Gasteiger partial charge on any atom is -0.450 e. The molecule has 2 saturated heterocycles. The van der Waals surface area contributed by atoms with E-state index >= 15 is 0 Å². The summed E-state index contributed by atoms with van der Waals surface area (Å²) in [6.45, 7) is 10.3. The predicted octanol–water partition coefficient (Wildman–Crippen LogP) is 3.97. The van der Waals surface area contributed by atoms with Crippen LogP contribution in [-0.4, -0.2) is 78.7 Å². The molecule has 3 heterocycles. The normalized spacial score (nSPS) is 21.0. The molecule has 1 aromatic carbocycles. The molecule has 0 aromatic heterocycles. The molecule has 0 aliphatic carbocycles. The summed E-state index contributed by atoms with van der Waals surface area (Å²) in [5, 5.41) is 3.12. The lowest BCUT2D eigenvalue weighted by molar-refractivity contribution is 0.0471. The average Bonchev–Trinajstić information content (AvgIpc) is 2.85. The molecule has 0 saturated carbocycles. The first-order chi connectivity index (χ1) is 16.1. The number of carbonyl (C=O) groups excluding carboxylic acids is 2. The van der Waals surface area contributed by atoms with Crippen molar-refractivity contribution in [2.24, 2.45) is 0 Å². The summed E-state index contributed by atoms with van der Waals surface area (Å²) in [5.41, 5.74) is 2.78. The van der Waals surface area contributed by atoms with Crippen LogP contribution in [0, 0.1) is 0 Å². The summed E-state index contributed by atoms with van der Waals surface area (Å²) >= 11 is 0. The second-order valence-corrected chi connectivity index (χ2v) is 9.83. The number of benzene rings is 1. The van der Waals surface area contributed by atoms with E-state index < -0.39 is 0 Å². The van der Waals surface area contributed by atoms with Crippen molar-refractivity contribution in [3.63, 3.8) is 0 Å². The van der Waals surface area contributed by atoms with Gasteiger partial charge in [0.1, 0.15) is 0 Å². The molecule has 3 aliphatic rings. The van der Waals surface area contributed by atoms with Crippen LogP contribution in [0.4, 0.5) is 9.59 Å². The van der Waals surface area contributed by atoms with Crippen molar-refractivity contribution in [2.45, 2.75) is 70.4 Å². The van der Waals surface area contributed by atoms with Gasteiger partial charge in [-0.1, -0.05) is 37.6 Å². The van der Waals surface area contributed by atoms with Crippen molar-refractivity contribution < 1.29 is 14.3 Å². The summed E-state index contributed by atoms with van der Waals surface area (Å²) in [5.74, 6) is 0. The molecule has 4 rings (SSSR count). The summed E-state index contributed by atoms with van der Waals surface area (Å²) in [4.78, 5) is 31.4. The second-order valence-electron chi connectivity index (χ2n) is 9.83. The van der Waals surface area contributed by atoms with Crippen LogP contribution in [0.25, 0.3) is 0 Å². The lowest BCUT2D eigenvalue weighted by Gasteiger charge is -2.50. The molecule has 7 nitrogen and oxygen atoms in total. The number of carbonyl (C=O) groups is 2. The quantitative estimate of drug-likeness (QED) is 0.681. The topological polar surface area (TPSA) is 65.1 Å². The molecule has 3 amide bonds. The zero-order chi connectivity index (χ0) is 23.3. The van der Waals surface area contributed by atoms with E-state index in [0.29, 0.717) is 19.2 Å². The van der Waals surface area contributed by atoms with Gasteiger partial charge in [0.05, 0.1) is 6.61 Å². The van der Waals surface area contributed by atoms with Crippen LogP contribution in [0.3, 0.4) is 0 Å². The Kier molecular flexibility index (Phi) is 7.78. The van der Waals surface area contributed by atoms with Crippen molar-refractivity contribution in [3.8, 4) is 0 Å². The molecule has 0 atom stereocenters. The van der Waals surface area contributed by atoms with E-state index in [4.69, 9.17) is 4.74 Å². The number of piperidine rings is 2. The zero-order valence-electron chi connectivity index (χ0n) is 20.4. The third-order valence-corrected chi connectivity index (χ3v) is 7.80. The van der Waals surface area contributed by atoms with E-state index in [9.17, 15) is 9.59 Å². The number of fused-ring (bicyclic) bond motifs is 2. The van der Waals surface area contributed by atoms with Crippen LogP contribution >= 0.6 is 0 Å². The lowest BCUT2D eigenvalue weighted by atomic mass is 9.68. The minimum atomic E-state index is -0.176. The van der Waals surface area contributed by atoms with Gasteiger partial charge in [-0.15, -0.1) is 0 Å². The molecule has 33 heavy (non-hydrogen) atoms. The minimum absolute atomic E-state index is 0.0407. The van der Waals surface area contributed by atoms with E-state index in [1.165, 1.54) is 11.1 Å². The summed E-state index contributed by atoms with van der Waals surface area (Å²) in [6, 6.07) is 9.33. The highest BCUT2D eigenvalue weighted by Gasteiger charge is 2.44. The van der Waals surface area contributed by atoms with Crippen molar-refractivity contribution in [3.05, 3.63) is 35.4 Å². The Bertz CT molecular complexity index is 814. The average molecular weight is 457 g/mol. The van der Waals surface area contributed by atoms with E-state index in [1.54, 1.807) is 0 Å². The third-order valence-electron chi connectivity index (χ3n) is 7.80. The van der Waals surface area contributed by atoms with Crippen molar-refractivity contribution >= 4 is 12.1 Å². The van der Waals surface area contributed by atoms with Crippen LogP contribution in [0.2, 0.25) is 0 Å². The summed E-state index contributed by atoms with van der Waals surface area (Å²) in [6.07, 6.45) is 6.08. The molecular weight excluding hydrogens is 416 g/mol. The number of nitrogens with one attached hydrogen (secondary N) is 1. The number of likely N-dealkylation sites (tertiary alicyclic amines) is 2. The second kappa shape index (κ2) is 10.8. The molecule has 3 aliphatic heterocycles. The lowest BCUT2D eigenvalue weighted by Crippen LogP contribution is -2.57. The van der Waals surface area contributed by atoms with Gasteiger partial charge in [0.15, 0.2) is 0 Å². The Hall–Kier alpha value is -2.28. The zero-order valence-corrected chi connectivity index (χ0v) is 20.4. The van der Waals surface area contributed by atoms with Gasteiger partial charge in [-0.2, -0.15) is 0 Å². The van der Waals surface area contributed by atoms with Crippen LogP contribution in [-0.2, 0) is 16.7 Å². The maximum atomic E-state index is 12.9. The summed E-state index contributed by atoms with van der Waals surface area (Å²) < 4.78 is 5.17. The van der Waals surface area contributed by atoms with E-state index in [2.05, 4.69) is 41.4 Å². The number of nitrogens with zero attached hydrogens (tertiary/aromatic N) is 3. The van der Waals surface area contributed by atoms with Gasteiger partial charge < -0.3 is 24.8 Å². The van der Waals surface area contributed by atoms with E-state index in [0.717, 1.165) is 77.8 Å². The Morgan fingerprint density at radius 1 is 1.06 bits per heavy atom. The Balaban J connectivity index is 1.39. The number of urea groups is 1. The largest absolute Gasteiger partial charge is 0.450 e. The Labute approximate surface area is 198 Å². The van der Waals surface area contributed by atoms with Crippen LogP contribution in [0.5, 0.6) is 0 Å². The maximum absolute atomic E-state index is 12.9. The highest BCUT2D eigenvalue weighted by molar-refractivity contribution is 5.75.